The number of benzene rings is 1. The first kappa shape index (κ1) is 14.0. The highest BCUT2D eigenvalue weighted by Gasteiger charge is 2.19. The van der Waals surface area contributed by atoms with Gasteiger partial charge in [0.15, 0.2) is 0 Å². The summed E-state index contributed by atoms with van der Waals surface area (Å²) >= 11 is 2.03. The van der Waals surface area contributed by atoms with Crippen molar-refractivity contribution in [2.45, 2.75) is 31.8 Å². The zero-order chi connectivity index (χ0) is 13.8. The number of rotatable bonds is 4. The SMILES string of the molecule is O=C(c1ccc(CNC2CCSC2)cc1)N1CCCC1. The molecule has 3 nitrogen and oxygen atoms in total. The largest absolute Gasteiger partial charge is 0.339 e. The molecule has 0 saturated carbocycles. The maximum absolute atomic E-state index is 12.2. The Labute approximate surface area is 125 Å². The quantitative estimate of drug-likeness (QED) is 0.925. The molecule has 0 bridgehead atoms. The van der Waals surface area contributed by atoms with Crippen molar-refractivity contribution in [3.63, 3.8) is 0 Å². The smallest absolute Gasteiger partial charge is 0.253 e. The van der Waals surface area contributed by atoms with E-state index in [2.05, 4.69) is 17.4 Å². The second-order valence-electron chi connectivity index (χ2n) is 5.64. The average molecular weight is 290 g/mol. The van der Waals surface area contributed by atoms with Crippen LogP contribution in [0.4, 0.5) is 0 Å². The molecule has 1 N–H and O–H groups in total. The molecule has 0 aromatic heterocycles. The predicted molar refractivity (Wildman–Crippen MR) is 84.1 cm³/mol. The van der Waals surface area contributed by atoms with E-state index in [-0.39, 0.29) is 5.91 Å². The van der Waals surface area contributed by atoms with Crippen LogP contribution in [-0.4, -0.2) is 41.4 Å². The Hall–Kier alpha value is -1.00. The van der Waals surface area contributed by atoms with Crippen LogP contribution in [0.1, 0.15) is 35.2 Å². The zero-order valence-electron chi connectivity index (χ0n) is 11.8. The lowest BCUT2D eigenvalue weighted by molar-refractivity contribution is 0.0793. The third kappa shape index (κ3) is 3.36. The van der Waals surface area contributed by atoms with Crippen molar-refractivity contribution >= 4 is 17.7 Å². The van der Waals surface area contributed by atoms with Crippen LogP contribution in [0.2, 0.25) is 0 Å². The third-order valence-electron chi connectivity index (χ3n) is 4.12. The maximum Gasteiger partial charge on any atom is 0.253 e. The topological polar surface area (TPSA) is 32.3 Å². The fourth-order valence-corrected chi connectivity index (χ4v) is 4.01. The first-order valence-corrected chi connectivity index (χ1v) is 8.68. The summed E-state index contributed by atoms with van der Waals surface area (Å²) in [6.07, 6.45) is 3.57. The second-order valence-corrected chi connectivity index (χ2v) is 6.79. The Bertz CT molecular complexity index is 448. The molecule has 0 radical (unpaired) electrons. The molecule has 1 aromatic rings. The molecular weight excluding hydrogens is 268 g/mol. The van der Waals surface area contributed by atoms with Gasteiger partial charge >= 0.3 is 0 Å². The van der Waals surface area contributed by atoms with E-state index in [1.165, 1.54) is 23.5 Å². The normalized spacial score (nSPS) is 22.4. The summed E-state index contributed by atoms with van der Waals surface area (Å²) in [4.78, 5) is 14.2. The predicted octanol–water partition coefficient (Wildman–Crippen LogP) is 2.52. The number of nitrogens with one attached hydrogen (secondary N) is 1. The molecule has 108 valence electrons. The van der Waals surface area contributed by atoms with Crippen molar-refractivity contribution in [1.82, 2.24) is 10.2 Å². The van der Waals surface area contributed by atoms with Crippen molar-refractivity contribution in [3.05, 3.63) is 35.4 Å². The van der Waals surface area contributed by atoms with E-state index in [1.807, 2.05) is 28.8 Å². The number of carbonyl (C=O) groups is 1. The number of hydrogen-bond donors (Lipinski definition) is 1. The molecule has 2 aliphatic rings. The van der Waals surface area contributed by atoms with Gasteiger partial charge in [-0.25, -0.2) is 0 Å². The Morgan fingerprint density at radius 1 is 1.25 bits per heavy atom. The van der Waals surface area contributed by atoms with E-state index in [1.54, 1.807) is 0 Å². The number of thioether (sulfide) groups is 1. The minimum atomic E-state index is 0.189. The van der Waals surface area contributed by atoms with Crippen LogP contribution >= 0.6 is 11.8 Å². The molecule has 1 amide bonds. The molecule has 2 aliphatic heterocycles. The molecule has 1 aromatic carbocycles. The van der Waals surface area contributed by atoms with Gasteiger partial charge in [-0.05, 0) is 42.7 Å². The van der Waals surface area contributed by atoms with Crippen molar-refractivity contribution in [3.8, 4) is 0 Å². The van der Waals surface area contributed by atoms with Gasteiger partial charge in [-0.2, -0.15) is 11.8 Å². The summed E-state index contributed by atoms with van der Waals surface area (Å²) in [5.74, 6) is 2.70. The van der Waals surface area contributed by atoms with E-state index in [0.717, 1.165) is 38.0 Å². The molecule has 0 spiro atoms. The number of carbonyl (C=O) groups excluding carboxylic acids is 1. The molecule has 0 aliphatic carbocycles. The van der Waals surface area contributed by atoms with Gasteiger partial charge in [0.1, 0.15) is 0 Å². The Morgan fingerprint density at radius 2 is 2.00 bits per heavy atom. The highest BCUT2D eigenvalue weighted by atomic mass is 32.2. The van der Waals surface area contributed by atoms with Crippen LogP contribution in [0.15, 0.2) is 24.3 Å². The van der Waals surface area contributed by atoms with Gasteiger partial charge in [0, 0.05) is 37.0 Å². The fourth-order valence-electron chi connectivity index (χ4n) is 2.83. The molecule has 1 atom stereocenters. The van der Waals surface area contributed by atoms with Gasteiger partial charge in [-0.15, -0.1) is 0 Å². The molecule has 3 rings (SSSR count). The van der Waals surface area contributed by atoms with Gasteiger partial charge in [0.2, 0.25) is 0 Å². The zero-order valence-corrected chi connectivity index (χ0v) is 12.6. The van der Waals surface area contributed by atoms with Gasteiger partial charge in [-0.1, -0.05) is 12.1 Å². The highest BCUT2D eigenvalue weighted by Crippen LogP contribution is 2.18. The van der Waals surface area contributed by atoms with E-state index in [9.17, 15) is 4.79 Å². The van der Waals surface area contributed by atoms with E-state index in [0.29, 0.717) is 6.04 Å². The van der Waals surface area contributed by atoms with Crippen LogP contribution < -0.4 is 5.32 Å². The van der Waals surface area contributed by atoms with Crippen molar-refractivity contribution in [1.29, 1.82) is 0 Å². The third-order valence-corrected chi connectivity index (χ3v) is 5.28. The lowest BCUT2D eigenvalue weighted by atomic mass is 10.1. The standard InChI is InChI=1S/C16H22N2OS/c19-16(18-8-1-2-9-18)14-5-3-13(4-6-14)11-17-15-7-10-20-12-15/h3-6,15,17H,1-2,7-12H2. The van der Waals surface area contributed by atoms with Gasteiger partial charge in [0.05, 0.1) is 0 Å². The Balaban J connectivity index is 1.54. The van der Waals surface area contributed by atoms with Gasteiger partial charge in [0.25, 0.3) is 5.91 Å². The minimum absolute atomic E-state index is 0.189. The molecule has 4 heteroatoms. The summed E-state index contributed by atoms with van der Waals surface area (Å²) in [5.41, 5.74) is 2.09. The van der Waals surface area contributed by atoms with Crippen LogP contribution in [0.25, 0.3) is 0 Å². The summed E-state index contributed by atoms with van der Waals surface area (Å²) in [5, 5.41) is 3.59. The lowest BCUT2D eigenvalue weighted by Crippen LogP contribution is -2.28. The Kier molecular flexibility index (Phi) is 4.63. The number of nitrogens with zero attached hydrogens (tertiary/aromatic N) is 1. The maximum atomic E-state index is 12.2. The summed E-state index contributed by atoms with van der Waals surface area (Å²) < 4.78 is 0. The molecule has 2 saturated heterocycles. The second kappa shape index (κ2) is 6.64. The molecule has 2 fully saturated rings. The van der Waals surface area contributed by atoms with Crippen molar-refractivity contribution < 1.29 is 4.79 Å². The number of amides is 1. The van der Waals surface area contributed by atoms with Gasteiger partial charge < -0.3 is 10.2 Å². The molecule has 2 heterocycles. The number of hydrogen-bond acceptors (Lipinski definition) is 3. The fraction of sp³-hybridized carbons (Fsp3) is 0.562. The highest BCUT2D eigenvalue weighted by molar-refractivity contribution is 7.99. The van der Waals surface area contributed by atoms with Crippen LogP contribution in [0.5, 0.6) is 0 Å². The van der Waals surface area contributed by atoms with Crippen molar-refractivity contribution in [2.75, 3.05) is 24.6 Å². The van der Waals surface area contributed by atoms with Crippen molar-refractivity contribution in [2.24, 2.45) is 0 Å². The molecule has 20 heavy (non-hydrogen) atoms. The van der Waals surface area contributed by atoms with Crippen LogP contribution in [0, 0.1) is 0 Å². The summed E-state index contributed by atoms with van der Waals surface area (Å²) in [6.45, 7) is 2.74. The minimum Gasteiger partial charge on any atom is -0.339 e. The van der Waals surface area contributed by atoms with E-state index >= 15 is 0 Å². The first-order valence-electron chi connectivity index (χ1n) is 7.52. The van der Waals surface area contributed by atoms with Crippen LogP contribution in [-0.2, 0) is 6.54 Å². The average Bonchev–Trinajstić information content (AvgIpc) is 3.18. The van der Waals surface area contributed by atoms with Gasteiger partial charge in [-0.3, -0.25) is 4.79 Å². The summed E-state index contributed by atoms with van der Waals surface area (Å²) in [7, 11) is 0. The Morgan fingerprint density at radius 3 is 2.65 bits per heavy atom. The summed E-state index contributed by atoms with van der Waals surface area (Å²) in [6, 6.07) is 8.77. The van der Waals surface area contributed by atoms with E-state index in [4.69, 9.17) is 0 Å². The monoisotopic (exact) mass is 290 g/mol. The first-order chi connectivity index (χ1) is 9.83. The van der Waals surface area contributed by atoms with E-state index < -0.39 is 0 Å². The molecular formula is C16H22N2OS. The lowest BCUT2D eigenvalue weighted by Gasteiger charge is -2.15. The molecule has 1 unspecified atom stereocenters. The number of likely N-dealkylation sites (tertiary alicyclic amines) is 1. The van der Waals surface area contributed by atoms with Crippen LogP contribution in [0.3, 0.4) is 0 Å².